The van der Waals surface area contributed by atoms with Gasteiger partial charge in [0, 0.05) is 29.4 Å². The van der Waals surface area contributed by atoms with Crippen LogP contribution in [0.25, 0.3) is 10.9 Å². The van der Waals surface area contributed by atoms with E-state index in [9.17, 15) is 22.8 Å². The maximum absolute atomic E-state index is 13.4. The zero-order valence-corrected chi connectivity index (χ0v) is 19.3. The number of nitrogens with zero attached hydrogens (tertiary/aromatic N) is 2. The number of rotatable bonds is 4. The second-order valence-electron chi connectivity index (χ2n) is 8.66. The summed E-state index contributed by atoms with van der Waals surface area (Å²) < 4.78 is 40.2. The number of para-hydroxylation sites is 1. The van der Waals surface area contributed by atoms with Crippen LogP contribution in [0.4, 0.5) is 24.5 Å². The number of alkyl halides is 3. The minimum atomic E-state index is -4.55. The Morgan fingerprint density at radius 1 is 1.14 bits per heavy atom. The van der Waals surface area contributed by atoms with Crippen LogP contribution >= 0.6 is 11.8 Å². The molecule has 1 fully saturated rings. The Balaban J connectivity index is 1.30. The first-order valence-corrected chi connectivity index (χ1v) is 12.2. The Morgan fingerprint density at radius 3 is 2.77 bits per heavy atom. The van der Waals surface area contributed by atoms with Crippen molar-refractivity contribution in [2.75, 3.05) is 16.4 Å². The molecule has 2 aliphatic rings. The lowest BCUT2D eigenvalue weighted by molar-refractivity contribution is -0.140. The Hall–Kier alpha value is -3.34. The Labute approximate surface area is 203 Å². The molecule has 7 nitrogen and oxygen atoms in total. The Kier molecular flexibility index (Phi) is 6.26. The first kappa shape index (κ1) is 23.4. The fourth-order valence-corrected chi connectivity index (χ4v) is 5.21. The molecule has 3 N–H and O–H groups in total. The van der Waals surface area contributed by atoms with Crippen molar-refractivity contribution in [2.24, 2.45) is 0 Å². The van der Waals surface area contributed by atoms with E-state index >= 15 is 0 Å². The van der Waals surface area contributed by atoms with E-state index in [2.05, 4.69) is 25.9 Å². The number of hydrogen-bond donors (Lipinski definition) is 3. The number of hydrogen-bond acceptors (Lipinski definition) is 6. The van der Waals surface area contributed by atoms with Crippen LogP contribution in [0.15, 0.2) is 47.6 Å². The van der Waals surface area contributed by atoms with Crippen molar-refractivity contribution in [2.45, 2.75) is 49.0 Å². The van der Waals surface area contributed by atoms with E-state index < -0.39 is 11.9 Å². The number of pyridine rings is 2. The fraction of sp³-hybridized carbons (Fsp3) is 0.333. The maximum Gasteiger partial charge on any atom is 0.433 e. The first-order chi connectivity index (χ1) is 16.8. The van der Waals surface area contributed by atoms with Gasteiger partial charge in [-0.1, -0.05) is 30.0 Å². The standard InChI is InChI=1S/C24H22F3N5O2S/c25-24(26,27)20-10-18(16-6-1-2-7-17(16)31-20)29-14-4-3-5-15(9-14)30-22(34)13-8-19-23(28-11-13)35-12-21(33)32-19/h1-2,6-8,10-11,14-15H,3-5,9,12H2,(H,29,31)(H,30,34)(H,32,33)/t14-,15+/m0/s1. The Bertz CT molecular complexity index is 1300. The van der Waals surface area contributed by atoms with E-state index in [1.165, 1.54) is 18.0 Å². The van der Waals surface area contributed by atoms with Crippen LogP contribution in [0.3, 0.4) is 0 Å². The van der Waals surface area contributed by atoms with E-state index in [0.29, 0.717) is 39.5 Å². The predicted molar refractivity (Wildman–Crippen MR) is 127 cm³/mol. The lowest BCUT2D eigenvalue weighted by Gasteiger charge is -2.31. The van der Waals surface area contributed by atoms with Crippen molar-refractivity contribution in [3.63, 3.8) is 0 Å². The monoisotopic (exact) mass is 501 g/mol. The van der Waals surface area contributed by atoms with Gasteiger partial charge in [0.2, 0.25) is 5.91 Å². The van der Waals surface area contributed by atoms with Gasteiger partial charge in [-0.25, -0.2) is 9.97 Å². The third kappa shape index (κ3) is 5.19. The number of benzene rings is 1. The first-order valence-electron chi connectivity index (χ1n) is 11.2. The zero-order chi connectivity index (χ0) is 24.6. The number of halogens is 3. The summed E-state index contributed by atoms with van der Waals surface area (Å²) in [7, 11) is 0. The summed E-state index contributed by atoms with van der Waals surface area (Å²) in [5.74, 6) is -0.149. The highest BCUT2D eigenvalue weighted by Gasteiger charge is 2.34. The minimum absolute atomic E-state index is 0.113. The van der Waals surface area contributed by atoms with Gasteiger partial charge in [-0.15, -0.1) is 0 Å². The number of thioether (sulfide) groups is 1. The zero-order valence-electron chi connectivity index (χ0n) is 18.5. The summed E-state index contributed by atoms with van der Waals surface area (Å²) in [6, 6.07) is 9.13. The molecule has 1 aromatic carbocycles. The highest BCUT2D eigenvalue weighted by atomic mass is 32.2. The molecule has 2 aromatic heterocycles. The molecule has 2 amide bonds. The summed E-state index contributed by atoms with van der Waals surface area (Å²) >= 11 is 1.32. The molecule has 35 heavy (non-hydrogen) atoms. The molecule has 3 aromatic rings. The number of fused-ring (bicyclic) bond motifs is 2. The predicted octanol–water partition coefficient (Wildman–Crippen LogP) is 4.85. The van der Waals surface area contributed by atoms with E-state index in [0.717, 1.165) is 25.3 Å². The van der Waals surface area contributed by atoms with Crippen molar-refractivity contribution in [3.8, 4) is 0 Å². The minimum Gasteiger partial charge on any atom is -0.382 e. The van der Waals surface area contributed by atoms with Crippen LogP contribution in [-0.2, 0) is 11.0 Å². The molecule has 5 rings (SSSR count). The largest absolute Gasteiger partial charge is 0.433 e. The van der Waals surface area contributed by atoms with E-state index in [-0.39, 0.29) is 29.4 Å². The summed E-state index contributed by atoms with van der Waals surface area (Å²) in [6.07, 6.45) is -0.154. The molecule has 11 heteroatoms. The number of nitrogens with one attached hydrogen (secondary N) is 3. The van der Waals surface area contributed by atoms with E-state index in [1.54, 1.807) is 30.3 Å². The lowest BCUT2D eigenvalue weighted by Crippen LogP contribution is -2.42. The molecule has 0 saturated heterocycles. The molecule has 0 bridgehead atoms. The van der Waals surface area contributed by atoms with Crippen molar-refractivity contribution >= 4 is 45.9 Å². The summed E-state index contributed by atoms with van der Waals surface area (Å²) in [5.41, 5.74) is 0.580. The maximum atomic E-state index is 13.4. The third-order valence-corrected chi connectivity index (χ3v) is 7.11. The summed E-state index contributed by atoms with van der Waals surface area (Å²) in [6.45, 7) is 0. The number of carbonyl (C=O) groups excluding carboxylic acids is 2. The van der Waals surface area contributed by atoms with Crippen molar-refractivity contribution in [1.82, 2.24) is 15.3 Å². The third-order valence-electron chi connectivity index (χ3n) is 6.10. The smallest absolute Gasteiger partial charge is 0.382 e. The van der Waals surface area contributed by atoms with Gasteiger partial charge < -0.3 is 16.0 Å². The highest BCUT2D eigenvalue weighted by molar-refractivity contribution is 8.00. The van der Waals surface area contributed by atoms with Gasteiger partial charge in [-0.05, 0) is 43.9 Å². The van der Waals surface area contributed by atoms with Gasteiger partial charge in [0.05, 0.1) is 22.5 Å². The molecule has 2 atom stereocenters. The van der Waals surface area contributed by atoms with Crippen LogP contribution in [0, 0.1) is 0 Å². The number of anilines is 2. The quantitative estimate of drug-likeness (QED) is 0.473. The van der Waals surface area contributed by atoms with Gasteiger partial charge in [0.25, 0.3) is 5.91 Å². The van der Waals surface area contributed by atoms with Crippen molar-refractivity contribution in [1.29, 1.82) is 0 Å². The van der Waals surface area contributed by atoms with Crippen LogP contribution < -0.4 is 16.0 Å². The molecule has 1 aliphatic carbocycles. The molecule has 1 saturated carbocycles. The van der Waals surface area contributed by atoms with E-state index in [4.69, 9.17) is 0 Å². The second kappa shape index (κ2) is 9.37. The van der Waals surface area contributed by atoms with Crippen LogP contribution in [0.2, 0.25) is 0 Å². The topological polar surface area (TPSA) is 96.0 Å². The summed E-state index contributed by atoms with van der Waals surface area (Å²) in [4.78, 5) is 32.5. The molecule has 3 heterocycles. The van der Waals surface area contributed by atoms with Gasteiger partial charge in [0.1, 0.15) is 10.7 Å². The van der Waals surface area contributed by atoms with Crippen LogP contribution in [-0.4, -0.2) is 39.6 Å². The lowest BCUT2D eigenvalue weighted by atomic mass is 9.90. The normalized spacial score (nSPS) is 20.1. The van der Waals surface area contributed by atoms with Gasteiger partial charge >= 0.3 is 6.18 Å². The summed E-state index contributed by atoms with van der Waals surface area (Å²) in [5, 5.41) is 10.3. The number of carbonyl (C=O) groups is 2. The van der Waals surface area contributed by atoms with Crippen LogP contribution in [0.5, 0.6) is 0 Å². The van der Waals surface area contributed by atoms with Gasteiger partial charge in [-0.3, -0.25) is 9.59 Å². The highest BCUT2D eigenvalue weighted by Crippen LogP contribution is 2.34. The average molecular weight is 502 g/mol. The fourth-order valence-electron chi connectivity index (χ4n) is 4.48. The van der Waals surface area contributed by atoms with Crippen molar-refractivity contribution in [3.05, 3.63) is 53.9 Å². The number of aromatic nitrogens is 2. The van der Waals surface area contributed by atoms with Crippen LogP contribution in [0.1, 0.15) is 41.7 Å². The molecule has 0 unspecified atom stereocenters. The van der Waals surface area contributed by atoms with Crippen molar-refractivity contribution < 1.29 is 22.8 Å². The molecule has 182 valence electrons. The number of amides is 2. The second-order valence-corrected chi connectivity index (χ2v) is 9.63. The SMILES string of the molecule is O=C1CSc2ncc(C(=O)N[C@@H]3CCC[C@H](Nc4cc(C(F)(F)F)nc5ccccc45)C3)cc2N1. The molecule has 0 radical (unpaired) electrons. The van der Waals surface area contributed by atoms with Gasteiger partial charge in [-0.2, -0.15) is 13.2 Å². The van der Waals surface area contributed by atoms with Gasteiger partial charge in [0.15, 0.2) is 0 Å². The Morgan fingerprint density at radius 2 is 1.94 bits per heavy atom. The molecule has 0 spiro atoms. The average Bonchev–Trinajstić information content (AvgIpc) is 2.83. The molecular formula is C24H22F3N5O2S. The molecule has 1 aliphatic heterocycles. The molecular weight excluding hydrogens is 479 g/mol. The van der Waals surface area contributed by atoms with E-state index in [1.807, 2.05) is 0 Å².